The molecule has 1 aliphatic carbocycles. The van der Waals surface area contributed by atoms with Crippen molar-refractivity contribution in [2.45, 2.75) is 61.7 Å². The normalized spacial score (nSPS) is 22.8. The van der Waals surface area contributed by atoms with Crippen molar-refractivity contribution in [3.63, 3.8) is 0 Å². The fourth-order valence-electron chi connectivity index (χ4n) is 4.04. The van der Waals surface area contributed by atoms with Gasteiger partial charge in [0.15, 0.2) is 0 Å². The Hall–Kier alpha value is -1.80. The summed E-state index contributed by atoms with van der Waals surface area (Å²) in [5, 5.41) is 8.47. The molecular formula is C19H24FN3O3S. The number of hydrogen-bond acceptors (Lipinski definition) is 5. The molecule has 1 unspecified atom stereocenters. The first-order valence-electron chi connectivity index (χ1n) is 9.63. The van der Waals surface area contributed by atoms with Gasteiger partial charge in [-0.25, -0.2) is 12.8 Å². The fourth-order valence-corrected chi connectivity index (χ4v) is 5.57. The molecule has 0 radical (unpaired) electrons. The van der Waals surface area contributed by atoms with Crippen LogP contribution in [-0.2, 0) is 10.0 Å². The van der Waals surface area contributed by atoms with Crippen molar-refractivity contribution in [2.75, 3.05) is 13.1 Å². The van der Waals surface area contributed by atoms with Crippen molar-refractivity contribution in [1.29, 1.82) is 0 Å². The lowest BCUT2D eigenvalue weighted by atomic mass is 9.89. The highest BCUT2D eigenvalue weighted by Crippen LogP contribution is 2.34. The lowest BCUT2D eigenvalue weighted by Gasteiger charge is -2.30. The number of nitrogens with zero attached hydrogens (tertiary/aromatic N) is 3. The highest BCUT2D eigenvalue weighted by atomic mass is 32.2. The van der Waals surface area contributed by atoms with E-state index in [0.29, 0.717) is 30.8 Å². The summed E-state index contributed by atoms with van der Waals surface area (Å²) in [6, 6.07) is 4.95. The standard InChI is InChI=1S/C19H24FN3O3S/c20-16-8-10-17(11-9-16)27(24,25)23-12-4-7-15(13-23)19-22-21-18(26-19)14-5-2-1-3-6-14/h8-11,14-15H,1-7,12-13H2. The van der Waals surface area contributed by atoms with E-state index in [-0.39, 0.29) is 10.8 Å². The summed E-state index contributed by atoms with van der Waals surface area (Å²) in [6.45, 7) is 0.756. The lowest BCUT2D eigenvalue weighted by Crippen LogP contribution is -2.39. The van der Waals surface area contributed by atoms with Crippen LogP contribution < -0.4 is 0 Å². The van der Waals surface area contributed by atoms with E-state index < -0.39 is 15.8 Å². The van der Waals surface area contributed by atoms with E-state index in [4.69, 9.17) is 4.42 Å². The largest absolute Gasteiger partial charge is 0.425 e. The van der Waals surface area contributed by atoms with E-state index >= 15 is 0 Å². The molecule has 4 rings (SSSR count). The summed E-state index contributed by atoms with van der Waals surface area (Å²) in [4.78, 5) is 0.109. The Morgan fingerprint density at radius 2 is 1.56 bits per heavy atom. The molecule has 2 fully saturated rings. The summed E-state index contributed by atoms with van der Waals surface area (Å²) in [5.41, 5.74) is 0. The topological polar surface area (TPSA) is 76.3 Å². The maximum absolute atomic E-state index is 13.1. The van der Waals surface area contributed by atoms with Gasteiger partial charge in [0.1, 0.15) is 5.82 Å². The van der Waals surface area contributed by atoms with Gasteiger partial charge in [-0.05, 0) is 49.9 Å². The van der Waals surface area contributed by atoms with E-state index in [1.165, 1.54) is 47.8 Å². The SMILES string of the molecule is O=S(=O)(c1ccc(F)cc1)N1CCCC(c2nnc(C3CCCCC3)o2)C1. The Morgan fingerprint density at radius 3 is 2.26 bits per heavy atom. The minimum absolute atomic E-state index is 0.0983. The van der Waals surface area contributed by atoms with E-state index in [2.05, 4.69) is 10.2 Å². The zero-order valence-electron chi connectivity index (χ0n) is 15.2. The smallest absolute Gasteiger partial charge is 0.243 e. The number of piperidine rings is 1. The molecule has 6 nitrogen and oxygen atoms in total. The van der Waals surface area contributed by atoms with Gasteiger partial charge in [0.2, 0.25) is 21.8 Å². The number of hydrogen-bond donors (Lipinski definition) is 0. The van der Waals surface area contributed by atoms with Crippen LogP contribution >= 0.6 is 0 Å². The molecule has 27 heavy (non-hydrogen) atoms. The van der Waals surface area contributed by atoms with Crippen LogP contribution in [0.25, 0.3) is 0 Å². The zero-order valence-corrected chi connectivity index (χ0v) is 16.0. The number of aromatic nitrogens is 2. The molecule has 2 aliphatic rings. The van der Waals surface area contributed by atoms with Gasteiger partial charge in [-0.3, -0.25) is 0 Å². The number of sulfonamides is 1. The van der Waals surface area contributed by atoms with Crippen LogP contribution in [0.1, 0.15) is 68.6 Å². The first-order chi connectivity index (χ1) is 13.0. The minimum atomic E-state index is -3.66. The molecule has 0 N–H and O–H groups in total. The summed E-state index contributed by atoms with van der Waals surface area (Å²) in [7, 11) is -3.66. The summed E-state index contributed by atoms with van der Waals surface area (Å²) >= 11 is 0. The summed E-state index contributed by atoms with van der Waals surface area (Å²) in [6.07, 6.45) is 7.35. The van der Waals surface area contributed by atoms with Crippen LogP contribution in [0.15, 0.2) is 33.6 Å². The molecule has 1 aromatic carbocycles. The molecule has 146 valence electrons. The van der Waals surface area contributed by atoms with Gasteiger partial charge in [0, 0.05) is 19.0 Å². The first-order valence-corrected chi connectivity index (χ1v) is 11.1. The number of rotatable bonds is 4. The van der Waals surface area contributed by atoms with Gasteiger partial charge < -0.3 is 4.42 Å². The van der Waals surface area contributed by atoms with Gasteiger partial charge in [-0.2, -0.15) is 4.31 Å². The van der Waals surface area contributed by atoms with Crippen LogP contribution in [0.5, 0.6) is 0 Å². The van der Waals surface area contributed by atoms with E-state index in [1.54, 1.807) is 0 Å². The molecule has 0 amide bonds. The fraction of sp³-hybridized carbons (Fsp3) is 0.579. The number of benzene rings is 1. The van der Waals surface area contributed by atoms with Crippen molar-refractivity contribution >= 4 is 10.0 Å². The predicted octanol–water partition coefficient (Wildman–Crippen LogP) is 3.82. The molecular weight excluding hydrogens is 369 g/mol. The molecule has 1 atom stereocenters. The highest BCUT2D eigenvalue weighted by Gasteiger charge is 2.34. The van der Waals surface area contributed by atoms with Crippen LogP contribution in [-0.4, -0.2) is 36.0 Å². The third kappa shape index (κ3) is 3.91. The van der Waals surface area contributed by atoms with Gasteiger partial charge in [-0.15, -0.1) is 10.2 Å². The molecule has 0 bridgehead atoms. The average molecular weight is 393 g/mol. The van der Waals surface area contributed by atoms with E-state index in [9.17, 15) is 12.8 Å². The Bertz CT molecular complexity index is 876. The van der Waals surface area contributed by atoms with Gasteiger partial charge in [0.05, 0.1) is 10.8 Å². The van der Waals surface area contributed by atoms with E-state index in [1.807, 2.05) is 0 Å². The molecule has 1 saturated carbocycles. The Balaban J connectivity index is 1.49. The van der Waals surface area contributed by atoms with Crippen molar-refractivity contribution in [3.05, 3.63) is 41.9 Å². The Kier molecular flexibility index (Phi) is 5.27. The van der Waals surface area contributed by atoms with Crippen molar-refractivity contribution < 1.29 is 17.2 Å². The van der Waals surface area contributed by atoms with Crippen molar-refractivity contribution in [3.8, 4) is 0 Å². The maximum Gasteiger partial charge on any atom is 0.243 e. The average Bonchev–Trinajstić information content (AvgIpc) is 3.19. The second kappa shape index (κ2) is 7.67. The molecule has 8 heteroatoms. The molecule has 1 saturated heterocycles. The molecule has 2 heterocycles. The predicted molar refractivity (Wildman–Crippen MR) is 97.3 cm³/mol. The molecule has 0 spiro atoms. The Labute approximate surface area is 158 Å². The highest BCUT2D eigenvalue weighted by molar-refractivity contribution is 7.89. The summed E-state index contributed by atoms with van der Waals surface area (Å²) < 4.78 is 46.2. The minimum Gasteiger partial charge on any atom is -0.425 e. The summed E-state index contributed by atoms with van der Waals surface area (Å²) in [5.74, 6) is 1.02. The molecule has 2 aromatic rings. The molecule has 1 aliphatic heterocycles. The van der Waals surface area contributed by atoms with Gasteiger partial charge in [0.25, 0.3) is 0 Å². The third-order valence-electron chi connectivity index (χ3n) is 5.60. The first kappa shape index (κ1) is 18.6. The van der Waals surface area contributed by atoms with Crippen LogP contribution in [0.3, 0.4) is 0 Å². The molecule has 1 aromatic heterocycles. The maximum atomic E-state index is 13.1. The van der Waals surface area contributed by atoms with Crippen molar-refractivity contribution in [1.82, 2.24) is 14.5 Å². The zero-order chi connectivity index (χ0) is 18.9. The van der Waals surface area contributed by atoms with Crippen LogP contribution in [0, 0.1) is 5.82 Å². The Morgan fingerprint density at radius 1 is 0.926 bits per heavy atom. The lowest BCUT2D eigenvalue weighted by molar-refractivity contribution is 0.273. The van der Waals surface area contributed by atoms with Gasteiger partial charge in [-0.1, -0.05) is 19.3 Å². The van der Waals surface area contributed by atoms with Crippen LogP contribution in [0.2, 0.25) is 0 Å². The van der Waals surface area contributed by atoms with Crippen LogP contribution in [0.4, 0.5) is 4.39 Å². The third-order valence-corrected chi connectivity index (χ3v) is 7.47. The second-order valence-electron chi connectivity index (χ2n) is 7.47. The number of halogens is 1. The quantitative estimate of drug-likeness (QED) is 0.789. The van der Waals surface area contributed by atoms with Crippen molar-refractivity contribution in [2.24, 2.45) is 0 Å². The van der Waals surface area contributed by atoms with Gasteiger partial charge >= 0.3 is 0 Å². The second-order valence-corrected chi connectivity index (χ2v) is 9.41. The van der Waals surface area contributed by atoms with E-state index in [0.717, 1.165) is 25.7 Å². The monoisotopic (exact) mass is 393 g/mol.